The van der Waals surface area contributed by atoms with Crippen LogP contribution in [0.3, 0.4) is 0 Å². The minimum Gasteiger partial charge on any atom is -0.481 e. The summed E-state index contributed by atoms with van der Waals surface area (Å²) in [6.07, 6.45) is 2.00. The lowest BCUT2D eigenvalue weighted by Gasteiger charge is -2.22. The fraction of sp³-hybridized carbons (Fsp3) is 0.529. The molecule has 1 N–H and O–H groups in total. The number of benzene rings is 1. The number of rotatable bonds is 5. The highest BCUT2D eigenvalue weighted by molar-refractivity contribution is 6.30. The Kier molecular flexibility index (Phi) is 4.60. The molecule has 1 aromatic rings. The van der Waals surface area contributed by atoms with Crippen LogP contribution in [0.25, 0.3) is 0 Å². The second-order valence-electron chi connectivity index (χ2n) is 6.43. The molecule has 1 aromatic carbocycles. The van der Waals surface area contributed by atoms with Crippen molar-refractivity contribution in [3.05, 3.63) is 34.9 Å². The molecule has 2 heterocycles. The number of carbonyl (C=O) groups is 2. The maximum absolute atomic E-state index is 12.4. The van der Waals surface area contributed by atoms with Gasteiger partial charge in [0.1, 0.15) is 5.41 Å². The van der Waals surface area contributed by atoms with Gasteiger partial charge in [-0.25, -0.2) is 0 Å². The third-order valence-corrected chi connectivity index (χ3v) is 5.17. The molecular formula is C17H20ClNO4. The van der Waals surface area contributed by atoms with E-state index in [1.165, 1.54) is 0 Å². The molecule has 124 valence electrons. The number of ether oxygens (including phenoxy) is 1. The lowest BCUT2D eigenvalue weighted by atomic mass is 9.81. The van der Waals surface area contributed by atoms with E-state index < -0.39 is 11.4 Å². The van der Waals surface area contributed by atoms with E-state index in [1.807, 2.05) is 24.3 Å². The molecule has 2 aliphatic rings. The molecule has 2 aliphatic heterocycles. The number of hydrogen-bond donors (Lipinski definition) is 1. The van der Waals surface area contributed by atoms with E-state index >= 15 is 0 Å². The standard InChI is InChI=1S/C17H20ClNO4/c18-14-6-4-12(5-7-14)2-1-3-15(20)19-8-13-9-23-11-17(13,10-19)16(21)22/h4-7,13H,1-3,8-11H2,(H,21,22)/t13-,17-/m1/s1. The average Bonchev–Trinajstić information content (AvgIpc) is 3.07. The van der Waals surface area contributed by atoms with Crippen molar-refractivity contribution in [3.63, 3.8) is 0 Å². The van der Waals surface area contributed by atoms with Crippen molar-refractivity contribution in [1.29, 1.82) is 0 Å². The second kappa shape index (κ2) is 6.49. The lowest BCUT2D eigenvalue weighted by Crippen LogP contribution is -2.40. The van der Waals surface area contributed by atoms with Crippen LogP contribution in [-0.2, 0) is 20.7 Å². The van der Waals surface area contributed by atoms with Crippen LogP contribution in [0, 0.1) is 11.3 Å². The average molecular weight is 338 g/mol. The Morgan fingerprint density at radius 2 is 2.09 bits per heavy atom. The number of carboxylic acids is 1. The molecule has 0 aromatic heterocycles. The molecule has 0 aliphatic carbocycles. The molecule has 0 radical (unpaired) electrons. The number of nitrogens with zero attached hydrogens (tertiary/aromatic N) is 1. The van der Waals surface area contributed by atoms with E-state index in [1.54, 1.807) is 4.90 Å². The molecule has 2 saturated heterocycles. The van der Waals surface area contributed by atoms with E-state index in [9.17, 15) is 14.7 Å². The largest absolute Gasteiger partial charge is 0.481 e. The highest BCUT2D eigenvalue weighted by atomic mass is 35.5. The van der Waals surface area contributed by atoms with Gasteiger partial charge in [0, 0.05) is 30.5 Å². The number of carbonyl (C=O) groups excluding carboxylic acids is 1. The SMILES string of the molecule is O=C(CCCc1ccc(Cl)cc1)N1C[C@@H]2COC[C@]2(C(=O)O)C1. The number of aliphatic carboxylic acids is 1. The maximum Gasteiger partial charge on any atom is 0.314 e. The Hall–Kier alpha value is -1.59. The minimum atomic E-state index is -0.897. The summed E-state index contributed by atoms with van der Waals surface area (Å²) in [7, 11) is 0. The van der Waals surface area contributed by atoms with Crippen molar-refractivity contribution in [2.75, 3.05) is 26.3 Å². The Morgan fingerprint density at radius 3 is 2.74 bits per heavy atom. The number of amides is 1. The van der Waals surface area contributed by atoms with Crippen molar-refractivity contribution < 1.29 is 19.4 Å². The van der Waals surface area contributed by atoms with Crippen LogP contribution in [0.15, 0.2) is 24.3 Å². The van der Waals surface area contributed by atoms with Gasteiger partial charge in [-0.2, -0.15) is 0 Å². The van der Waals surface area contributed by atoms with Crippen molar-refractivity contribution in [2.45, 2.75) is 19.3 Å². The number of aryl methyl sites for hydroxylation is 1. The first kappa shape index (κ1) is 16.3. The predicted octanol–water partition coefficient (Wildman–Crippen LogP) is 2.22. The third-order valence-electron chi connectivity index (χ3n) is 4.92. The fourth-order valence-corrected chi connectivity index (χ4v) is 3.61. The summed E-state index contributed by atoms with van der Waals surface area (Å²) in [5, 5.41) is 10.2. The third kappa shape index (κ3) is 3.21. The molecular weight excluding hydrogens is 318 g/mol. The summed E-state index contributed by atoms with van der Waals surface area (Å²) >= 11 is 5.85. The van der Waals surface area contributed by atoms with Gasteiger partial charge in [0.05, 0.1) is 13.2 Å². The molecule has 5 nitrogen and oxygen atoms in total. The maximum atomic E-state index is 12.4. The van der Waals surface area contributed by atoms with Gasteiger partial charge in [0.15, 0.2) is 0 Å². The Bertz CT molecular complexity index is 603. The van der Waals surface area contributed by atoms with Crippen LogP contribution < -0.4 is 0 Å². The van der Waals surface area contributed by atoms with E-state index in [0.717, 1.165) is 18.4 Å². The molecule has 2 fully saturated rings. The predicted molar refractivity (Wildman–Crippen MR) is 85.3 cm³/mol. The molecule has 0 bridgehead atoms. The Morgan fingerprint density at radius 1 is 1.35 bits per heavy atom. The first-order chi connectivity index (χ1) is 11.0. The zero-order valence-electron chi connectivity index (χ0n) is 12.8. The van der Waals surface area contributed by atoms with Gasteiger partial charge >= 0.3 is 5.97 Å². The summed E-state index contributed by atoms with van der Waals surface area (Å²) in [5.41, 5.74) is 0.252. The molecule has 23 heavy (non-hydrogen) atoms. The van der Waals surface area contributed by atoms with Gasteiger partial charge in [0.2, 0.25) is 5.91 Å². The summed E-state index contributed by atoms with van der Waals surface area (Å²) in [6, 6.07) is 7.61. The topological polar surface area (TPSA) is 66.8 Å². The molecule has 3 rings (SSSR count). The van der Waals surface area contributed by atoms with E-state index in [2.05, 4.69) is 0 Å². The van der Waals surface area contributed by atoms with E-state index in [0.29, 0.717) is 24.6 Å². The van der Waals surface area contributed by atoms with Crippen LogP contribution in [0.1, 0.15) is 18.4 Å². The van der Waals surface area contributed by atoms with Crippen LogP contribution in [0.5, 0.6) is 0 Å². The van der Waals surface area contributed by atoms with Gasteiger partial charge in [-0.15, -0.1) is 0 Å². The first-order valence-electron chi connectivity index (χ1n) is 7.85. The number of fused-ring (bicyclic) bond motifs is 1. The Labute approximate surface area is 140 Å². The van der Waals surface area contributed by atoms with Crippen LogP contribution >= 0.6 is 11.6 Å². The van der Waals surface area contributed by atoms with E-state index in [-0.39, 0.29) is 25.0 Å². The highest BCUT2D eigenvalue weighted by Crippen LogP contribution is 2.41. The fourth-order valence-electron chi connectivity index (χ4n) is 3.48. The van der Waals surface area contributed by atoms with Gasteiger partial charge < -0.3 is 14.7 Å². The number of hydrogen-bond acceptors (Lipinski definition) is 3. The highest BCUT2D eigenvalue weighted by Gasteiger charge is 2.56. The quantitative estimate of drug-likeness (QED) is 0.894. The second-order valence-corrected chi connectivity index (χ2v) is 6.86. The molecule has 0 spiro atoms. The molecule has 2 atom stereocenters. The number of carboxylic acid groups (broad SMARTS) is 1. The van der Waals surface area contributed by atoms with Gasteiger partial charge in [-0.3, -0.25) is 9.59 Å². The van der Waals surface area contributed by atoms with Crippen LogP contribution in [0.2, 0.25) is 5.02 Å². The number of halogens is 1. The monoisotopic (exact) mass is 337 g/mol. The first-order valence-corrected chi connectivity index (χ1v) is 8.22. The van der Waals surface area contributed by atoms with Crippen LogP contribution in [0.4, 0.5) is 0 Å². The zero-order chi connectivity index (χ0) is 16.4. The van der Waals surface area contributed by atoms with Crippen molar-refractivity contribution in [1.82, 2.24) is 4.90 Å². The van der Waals surface area contributed by atoms with E-state index in [4.69, 9.17) is 16.3 Å². The number of likely N-dealkylation sites (tertiary alicyclic amines) is 1. The summed E-state index contributed by atoms with van der Waals surface area (Å²) < 4.78 is 5.32. The molecule has 1 amide bonds. The Balaban J connectivity index is 1.51. The van der Waals surface area contributed by atoms with Gasteiger partial charge in [-0.1, -0.05) is 23.7 Å². The molecule has 0 saturated carbocycles. The zero-order valence-corrected chi connectivity index (χ0v) is 13.6. The summed E-state index contributed by atoms with van der Waals surface area (Å²) in [4.78, 5) is 25.6. The summed E-state index contributed by atoms with van der Waals surface area (Å²) in [5.74, 6) is -0.898. The van der Waals surface area contributed by atoms with Crippen molar-refractivity contribution >= 4 is 23.5 Å². The lowest BCUT2D eigenvalue weighted by molar-refractivity contribution is -0.149. The van der Waals surface area contributed by atoms with Gasteiger partial charge in [-0.05, 0) is 30.5 Å². The smallest absolute Gasteiger partial charge is 0.314 e. The molecule has 6 heteroatoms. The van der Waals surface area contributed by atoms with Crippen molar-refractivity contribution in [2.24, 2.45) is 11.3 Å². The normalized spacial score (nSPS) is 26.3. The minimum absolute atomic E-state index is 0.0361. The molecule has 0 unspecified atom stereocenters. The summed E-state index contributed by atoms with van der Waals surface area (Å²) in [6.45, 7) is 1.40. The van der Waals surface area contributed by atoms with Crippen LogP contribution in [-0.4, -0.2) is 48.2 Å². The van der Waals surface area contributed by atoms with Crippen molar-refractivity contribution in [3.8, 4) is 0 Å². The van der Waals surface area contributed by atoms with Gasteiger partial charge in [0.25, 0.3) is 0 Å².